The maximum Gasteiger partial charge on any atom is 0.130 e. The molecule has 2 unspecified atom stereocenters. The molecule has 0 heterocycles. The molecule has 0 saturated carbocycles. The zero-order chi connectivity index (χ0) is 11.4. The molecule has 0 aliphatic heterocycles. The number of halogens is 2. The van der Waals surface area contributed by atoms with Crippen molar-refractivity contribution in [2.75, 3.05) is 0 Å². The first-order chi connectivity index (χ1) is 7.06. The van der Waals surface area contributed by atoms with Gasteiger partial charge in [-0.25, -0.2) is 4.39 Å². The average molecular weight is 233 g/mol. The quantitative estimate of drug-likeness (QED) is 0.838. The van der Waals surface area contributed by atoms with Gasteiger partial charge in [0, 0.05) is 10.6 Å². The van der Waals surface area contributed by atoms with Crippen LogP contribution in [-0.4, -0.2) is 16.3 Å². The summed E-state index contributed by atoms with van der Waals surface area (Å²) in [6.45, 7) is 1.88. The molecule has 0 aliphatic carbocycles. The van der Waals surface area contributed by atoms with E-state index in [-0.39, 0.29) is 10.6 Å². The lowest BCUT2D eigenvalue weighted by Gasteiger charge is -2.18. The summed E-state index contributed by atoms with van der Waals surface area (Å²) in [7, 11) is 0. The van der Waals surface area contributed by atoms with Crippen LogP contribution in [0.3, 0.4) is 0 Å². The minimum atomic E-state index is -1.19. The highest BCUT2D eigenvalue weighted by molar-refractivity contribution is 6.30. The van der Waals surface area contributed by atoms with E-state index in [9.17, 15) is 14.6 Å². The first-order valence-electron chi connectivity index (χ1n) is 4.87. The molecular weight excluding hydrogens is 219 g/mol. The van der Waals surface area contributed by atoms with Gasteiger partial charge in [0.1, 0.15) is 11.9 Å². The van der Waals surface area contributed by atoms with E-state index < -0.39 is 18.0 Å². The van der Waals surface area contributed by atoms with Crippen LogP contribution in [0.1, 0.15) is 31.4 Å². The monoisotopic (exact) mass is 232 g/mol. The summed E-state index contributed by atoms with van der Waals surface area (Å²) in [4.78, 5) is 0. The zero-order valence-electron chi connectivity index (χ0n) is 8.45. The van der Waals surface area contributed by atoms with Gasteiger partial charge < -0.3 is 10.2 Å². The van der Waals surface area contributed by atoms with Gasteiger partial charge in [0.15, 0.2) is 0 Å². The molecule has 0 aromatic heterocycles. The van der Waals surface area contributed by atoms with Gasteiger partial charge in [0.25, 0.3) is 0 Å². The van der Waals surface area contributed by atoms with Crippen molar-refractivity contribution in [1.29, 1.82) is 0 Å². The van der Waals surface area contributed by atoms with Crippen LogP contribution in [0.2, 0.25) is 5.02 Å². The molecule has 2 nitrogen and oxygen atoms in total. The molecule has 0 aliphatic rings. The summed E-state index contributed by atoms with van der Waals surface area (Å²) >= 11 is 5.58. The normalized spacial score (nSPS) is 15.0. The highest BCUT2D eigenvalue weighted by Gasteiger charge is 2.20. The molecule has 0 bridgehead atoms. The summed E-state index contributed by atoms with van der Waals surface area (Å²) in [5.74, 6) is -0.592. The Bertz CT molecular complexity index is 330. The standard InChI is InChI=1S/C11H14ClFO2/c1-2-3-10(14)11(15)8-5-4-7(12)6-9(8)13/h4-6,10-11,14-15H,2-3H2,1H3. The first kappa shape index (κ1) is 12.4. The molecule has 0 saturated heterocycles. The van der Waals surface area contributed by atoms with E-state index in [1.54, 1.807) is 0 Å². The van der Waals surface area contributed by atoms with E-state index in [1.165, 1.54) is 12.1 Å². The Morgan fingerprint density at radius 2 is 2.07 bits per heavy atom. The Hall–Kier alpha value is -0.640. The molecule has 15 heavy (non-hydrogen) atoms. The highest BCUT2D eigenvalue weighted by Crippen LogP contribution is 2.24. The van der Waals surface area contributed by atoms with Crippen LogP contribution in [0.25, 0.3) is 0 Å². The van der Waals surface area contributed by atoms with E-state index in [4.69, 9.17) is 11.6 Å². The van der Waals surface area contributed by atoms with Crippen LogP contribution < -0.4 is 0 Å². The lowest BCUT2D eigenvalue weighted by molar-refractivity contribution is 0.0111. The van der Waals surface area contributed by atoms with Gasteiger partial charge in [-0.15, -0.1) is 0 Å². The van der Waals surface area contributed by atoms with Crippen LogP contribution >= 0.6 is 11.6 Å². The Labute approximate surface area is 93.3 Å². The Kier molecular flexibility index (Phi) is 4.51. The van der Waals surface area contributed by atoms with E-state index in [2.05, 4.69) is 0 Å². The second-order valence-corrected chi connectivity index (χ2v) is 3.90. The maximum absolute atomic E-state index is 13.3. The third-order valence-electron chi connectivity index (χ3n) is 2.23. The summed E-state index contributed by atoms with van der Waals surface area (Å²) in [5, 5.41) is 19.4. The fourth-order valence-electron chi connectivity index (χ4n) is 1.40. The molecule has 1 aromatic carbocycles. The summed E-state index contributed by atoms with van der Waals surface area (Å²) in [5.41, 5.74) is 0.0837. The van der Waals surface area contributed by atoms with E-state index in [0.29, 0.717) is 6.42 Å². The minimum Gasteiger partial charge on any atom is -0.390 e. The van der Waals surface area contributed by atoms with Crippen molar-refractivity contribution in [3.05, 3.63) is 34.6 Å². The summed E-state index contributed by atoms with van der Waals surface area (Å²) in [6, 6.07) is 4.00. The second kappa shape index (κ2) is 5.45. The predicted molar refractivity (Wildman–Crippen MR) is 57.3 cm³/mol. The third kappa shape index (κ3) is 3.16. The lowest BCUT2D eigenvalue weighted by atomic mass is 10.0. The molecule has 1 aromatic rings. The molecule has 2 N–H and O–H groups in total. The molecule has 2 atom stereocenters. The van der Waals surface area contributed by atoms with Gasteiger partial charge in [-0.1, -0.05) is 31.0 Å². The second-order valence-electron chi connectivity index (χ2n) is 3.47. The van der Waals surface area contributed by atoms with E-state index in [1.807, 2.05) is 6.92 Å². The van der Waals surface area contributed by atoms with Crippen LogP contribution in [0.15, 0.2) is 18.2 Å². The molecular formula is C11H14ClFO2. The van der Waals surface area contributed by atoms with Crippen molar-refractivity contribution in [3.8, 4) is 0 Å². The van der Waals surface area contributed by atoms with E-state index in [0.717, 1.165) is 12.5 Å². The fourth-order valence-corrected chi connectivity index (χ4v) is 1.56. The first-order valence-corrected chi connectivity index (χ1v) is 5.25. The zero-order valence-corrected chi connectivity index (χ0v) is 9.21. The number of hydrogen-bond acceptors (Lipinski definition) is 2. The van der Waals surface area contributed by atoms with Crippen LogP contribution in [0.4, 0.5) is 4.39 Å². The fraction of sp³-hybridized carbons (Fsp3) is 0.455. The molecule has 0 amide bonds. The maximum atomic E-state index is 13.3. The molecule has 4 heteroatoms. The summed E-state index contributed by atoms with van der Waals surface area (Å²) in [6.07, 6.45) is -0.968. The van der Waals surface area contributed by atoms with Gasteiger partial charge in [-0.3, -0.25) is 0 Å². The number of rotatable bonds is 4. The average Bonchev–Trinajstić information content (AvgIpc) is 2.17. The van der Waals surface area contributed by atoms with Crippen molar-refractivity contribution in [2.24, 2.45) is 0 Å². The van der Waals surface area contributed by atoms with Crippen molar-refractivity contribution in [3.63, 3.8) is 0 Å². The van der Waals surface area contributed by atoms with Gasteiger partial charge >= 0.3 is 0 Å². The van der Waals surface area contributed by atoms with Crippen molar-refractivity contribution in [2.45, 2.75) is 32.0 Å². The minimum absolute atomic E-state index is 0.0837. The van der Waals surface area contributed by atoms with Crippen molar-refractivity contribution < 1.29 is 14.6 Å². The molecule has 0 fully saturated rings. The highest BCUT2D eigenvalue weighted by atomic mass is 35.5. The predicted octanol–water partition coefficient (Wildman–Crippen LogP) is 2.67. The Balaban J connectivity index is 2.86. The van der Waals surface area contributed by atoms with Gasteiger partial charge in [0.2, 0.25) is 0 Å². The number of aliphatic hydroxyl groups excluding tert-OH is 2. The van der Waals surface area contributed by atoms with E-state index >= 15 is 0 Å². The van der Waals surface area contributed by atoms with Crippen LogP contribution in [0.5, 0.6) is 0 Å². The van der Waals surface area contributed by atoms with Crippen molar-refractivity contribution >= 4 is 11.6 Å². The molecule has 1 rings (SSSR count). The van der Waals surface area contributed by atoms with Crippen LogP contribution in [0, 0.1) is 5.82 Å². The largest absolute Gasteiger partial charge is 0.390 e. The molecule has 0 spiro atoms. The number of hydrogen-bond donors (Lipinski definition) is 2. The van der Waals surface area contributed by atoms with Gasteiger partial charge in [-0.05, 0) is 18.6 Å². The van der Waals surface area contributed by atoms with Gasteiger partial charge in [-0.2, -0.15) is 0 Å². The topological polar surface area (TPSA) is 40.5 Å². The number of benzene rings is 1. The van der Waals surface area contributed by atoms with Crippen LogP contribution in [-0.2, 0) is 0 Å². The number of aliphatic hydroxyl groups is 2. The third-order valence-corrected chi connectivity index (χ3v) is 2.47. The smallest absolute Gasteiger partial charge is 0.130 e. The molecule has 0 radical (unpaired) electrons. The Morgan fingerprint density at radius 1 is 1.40 bits per heavy atom. The molecule has 84 valence electrons. The summed E-state index contributed by atoms with van der Waals surface area (Å²) < 4.78 is 13.3. The van der Waals surface area contributed by atoms with Gasteiger partial charge in [0.05, 0.1) is 6.10 Å². The van der Waals surface area contributed by atoms with Crippen molar-refractivity contribution in [1.82, 2.24) is 0 Å². The lowest BCUT2D eigenvalue weighted by Crippen LogP contribution is -2.18. The SMILES string of the molecule is CCCC(O)C(O)c1ccc(Cl)cc1F. The Morgan fingerprint density at radius 3 is 2.60 bits per heavy atom.